The number of nitrogens with one attached hydrogen (secondary N) is 2. The van der Waals surface area contributed by atoms with Crippen molar-refractivity contribution in [1.82, 2.24) is 19.9 Å². The summed E-state index contributed by atoms with van der Waals surface area (Å²) in [7, 11) is -4.81. The van der Waals surface area contributed by atoms with Gasteiger partial charge in [0.1, 0.15) is 41.7 Å². The lowest BCUT2D eigenvalue weighted by atomic mass is 10.1. The van der Waals surface area contributed by atoms with E-state index in [1.807, 2.05) is 0 Å². The topological polar surface area (TPSA) is 192 Å². The molecule has 1 saturated heterocycles. The minimum absolute atomic E-state index is 0.0141. The van der Waals surface area contributed by atoms with E-state index in [2.05, 4.69) is 29.8 Å². The van der Waals surface area contributed by atoms with Crippen molar-refractivity contribution in [3.63, 3.8) is 0 Å². The molecule has 3 heterocycles. The molecule has 1 aliphatic rings. The van der Waals surface area contributed by atoms with Crippen molar-refractivity contribution >= 4 is 24.8 Å². The average molecular weight is 471 g/mol. The molecule has 0 saturated carbocycles. The number of nitrogens with zero attached hydrogens (tertiary/aromatic N) is 3. The number of aromatic amines is 1. The Hall–Kier alpha value is -2.71. The highest BCUT2D eigenvalue weighted by molar-refractivity contribution is 7.46. The second-order valence-corrected chi connectivity index (χ2v) is 8.06. The Labute approximate surface area is 179 Å². The van der Waals surface area contributed by atoms with Crippen molar-refractivity contribution in [1.29, 1.82) is 0 Å². The first kappa shape index (κ1) is 22.5. The van der Waals surface area contributed by atoms with Gasteiger partial charge in [0, 0.05) is 12.1 Å². The molecule has 0 aliphatic carbocycles. The molecule has 0 radical (unpaired) electrons. The van der Waals surface area contributed by atoms with E-state index in [1.165, 1.54) is 30.9 Å². The number of fused-ring (bicyclic) bond motifs is 1. The second-order valence-electron chi connectivity index (χ2n) is 6.82. The summed E-state index contributed by atoms with van der Waals surface area (Å²) >= 11 is 0. The van der Waals surface area contributed by atoms with E-state index in [4.69, 9.17) is 19.3 Å². The number of halogens is 1. The Morgan fingerprint density at radius 1 is 1.22 bits per heavy atom. The molecule has 1 fully saturated rings. The van der Waals surface area contributed by atoms with Gasteiger partial charge in [-0.1, -0.05) is 6.07 Å². The highest BCUT2D eigenvalue weighted by Crippen LogP contribution is 2.37. The first-order valence-electron chi connectivity index (χ1n) is 9.26. The maximum Gasteiger partial charge on any atom is 0.469 e. The van der Waals surface area contributed by atoms with E-state index in [9.17, 15) is 19.2 Å². The van der Waals surface area contributed by atoms with Crippen molar-refractivity contribution in [2.75, 3.05) is 11.9 Å². The molecule has 4 rings (SSSR count). The van der Waals surface area contributed by atoms with E-state index in [0.29, 0.717) is 17.0 Å². The molecule has 1 aliphatic heterocycles. The van der Waals surface area contributed by atoms with E-state index in [1.54, 1.807) is 0 Å². The van der Waals surface area contributed by atoms with Gasteiger partial charge in [0.2, 0.25) is 6.29 Å². The van der Waals surface area contributed by atoms with Crippen LogP contribution in [0.25, 0.3) is 11.2 Å². The van der Waals surface area contributed by atoms with E-state index < -0.39 is 44.8 Å². The van der Waals surface area contributed by atoms with E-state index >= 15 is 0 Å². The number of phosphoric ester groups is 1. The number of benzene rings is 1. The van der Waals surface area contributed by atoms with Gasteiger partial charge in [-0.05, 0) is 12.1 Å². The molecule has 0 amide bonds. The highest BCUT2D eigenvalue weighted by atomic mass is 31.2. The predicted octanol–water partition coefficient (Wildman–Crippen LogP) is 0.0389. The molecule has 1 aromatic carbocycles. The van der Waals surface area contributed by atoms with Gasteiger partial charge in [-0.15, -0.1) is 0 Å². The SMILES string of the molecule is O=P(O)(O)OC[C@H]1OC(Oc2cccc(F)c2CNc2ncnc3nc[nH]c23)[C@H](O)[C@@H]1O. The number of H-pyrrole nitrogens is 1. The lowest BCUT2D eigenvalue weighted by Gasteiger charge is -2.20. The maximum absolute atomic E-state index is 14.6. The number of aliphatic hydroxyl groups excluding tert-OH is 2. The van der Waals surface area contributed by atoms with Crippen molar-refractivity contribution in [3.05, 3.63) is 42.2 Å². The Kier molecular flexibility index (Phi) is 6.35. The van der Waals surface area contributed by atoms with Gasteiger partial charge in [0.25, 0.3) is 0 Å². The van der Waals surface area contributed by atoms with Gasteiger partial charge in [-0.25, -0.2) is 23.9 Å². The summed E-state index contributed by atoms with van der Waals surface area (Å²) in [5.41, 5.74) is 1.03. The Bertz CT molecular complexity index is 1140. The molecule has 0 bridgehead atoms. The van der Waals surface area contributed by atoms with Gasteiger partial charge in [-0.3, -0.25) is 4.52 Å². The zero-order valence-corrected chi connectivity index (χ0v) is 17.1. The molecule has 15 heteroatoms. The summed E-state index contributed by atoms with van der Waals surface area (Å²) < 4.78 is 40.6. The third-order valence-electron chi connectivity index (χ3n) is 4.70. The molecule has 1 unspecified atom stereocenters. The van der Waals surface area contributed by atoms with Gasteiger partial charge in [-0.2, -0.15) is 0 Å². The maximum atomic E-state index is 14.6. The predicted molar refractivity (Wildman–Crippen MR) is 105 cm³/mol. The van der Waals surface area contributed by atoms with Crippen LogP contribution in [0.4, 0.5) is 10.2 Å². The first-order chi connectivity index (χ1) is 15.2. The number of anilines is 1. The van der Waals surface area contributed by atoms with Crippen molar-refractivity contribution < 1.29 is 43.0 Å². The van der Waals surface area contributed by atoms with Gasteiger partial charge in [0.05, 0.1) is 12.9 Å². The standard InChI is InChI=1S/C17H19FN5O8P/c18-9-2-1-3-10(8(9)4-19-15-12-16(21-6-20-12)23-7-22-15)30-17-14(25)13(24)11(31-17)5-29-32(26,27)28/h1-3,6-7,11,13-14,17,24-25H,4-5H2,(H2,26,27,28)(H2,19,20,21,22,23)/t11-,13-,14-,17?/m1/s1. The van der Waals surface area contributed by atoms with Crippen LogP contribution in [-0.4, -0.2) is 71.1 Å². The summed E-state index contributed by atoms with van der Waals surface area (Å²) in [6.07, 6.45) is -3.08. The third kappa shape index (κ3) is 4.86. The number of aromatic nitrogens is 4. The number of hydrogen-bond donors (Lipinski definition) is 6. The Balaban J connectivity index is 1.48. The summed E-state index contributed by atoms with van der Waals surface area (Å²) in [6, 6.07) is 4.04. The quantitative estimate of drug-likeness (QED) is 0.242. The monoisotopic (exact) mass is 471 g/mol. The fourth-order valence-electron chi connectivity index (χ4n) is 3.14. The number of ether oxygens (including phenoxy) is 2. The zero-order chi connectivity index (χ0) is 22.9. The molecular weight excluding hydrogens is 452 g/mol. The molecule has 2 aromatic heterocycles. The fourth-order valence-corrected chi connectivity index (χ4v) is 3.48. The average Bonchev–Trinajstić information content (AvgIpc) is 3.32. The number of aliphatic hydroxyl groups is 2. The number of rotatable bonds is 8. The van der Waals surface area contributed by atoms with Crippen LogP contribution in [0.2, 0.25) is 0 Å². The van der Waals surface area contributed by atoms with Crippen molar-refractivity contribution in [2.45, 2.75) is 31.1 Å². The fraction of sp³-hybridized carbons (Fsp3) is 0.353. The molecule has 6 N–H and O–H groups in total. The Morgan fingerprint density at radius 2 is 2.03 bits per heavy atom. The van der Waals surface area contributed by atoms with Gasteiger partial charge in [0.15, 0.2) is 11.5 Å². The largest absolute Gasteiger partial charge is 0.469 e. The molecule has 13 nitrogen and oxygen atoms in total. The summed E-state index contributed by atoms with van der Waals surface area (Å²) in [4.78, 5) is 32.6. The molecular formula is C17H19FN5O8P. The van der Waals surface area contributed by atoms with Crippen LogP contribution < -0.4 is 10.1 Å². The van der Waals surface area contributed by atoms with Crippen LogP contribution in [-0.2, 0) is 20.4 Å². The normalized spacial score (nSPS) is 23.5. The summed E-state index contributed by atoms with van der Waals surface area (Å²) in [5, 5.41) is 23.2. The molecule has 3 aromatic rings. The summed E-state index contributed by atoms with van der Waals surface area (Å²) in [6.45, 7) is -0.753. The number of imidazole rings is 1. The summed E-state index contributed by atoms with van der Waals surface area (Å²) in [5.74, 6) is -0.219. The number of hydrogen-bond acceptors (Lipinski definition) is 10. The van der Waals surface area contributed by atoms with Gasteiger partial charge < -0.3 is 39.8 Å². The zero-order valence-electron chi connectivity index (χ0n) is 16.2. The van der Waals surface area contributed by atoms with E-state index in [-0.39, 0.29) is 17.9 Å². The second kappa shape index (κ2) is 9.03. The molecule has 32 heavy (non-hydrogen) atoms. The van der Waals surface area contributed by atoms with Crippen molar-refractivity contribution in [3.8, 4) is 5.75 Å². The Morgan fingerprint density at radius 3 is 2.81 bits per heavy atom. The van der Waals surface area contributed by atoms with Gasteiger partial charge >= 0.3 is 7.82 Å². The van der Waals surface area contributed by atoms with Crippen LogP contribution in [0.1, 0.15) is 5.56 Å². The minimum atomic E-state index is -4.81. The van der Waals surface area contributed by atoms with Crippen molar-refractivity contribution in [2.24, 2.45) is 0 Å². The lowest BCUT2D eigenvalue weighted by Crippen LogP contribution is -2.36. The molecule has 0 spiro atoms. The number of phosphoric acid groups is 1. The highest BCUT2D eigenvalue weighted by Gasteiger charge is 2.45. The van der Waals surface area contributed by atoms with Crippen LogP contribution in [0.3, 0.4) is 0 Å². The third-order valence-corrected chi connectivity index (χ3v) is 5.19. The van der Waals surface area contributed by atoms with Crippen LogP contribution in [0.15, 0.2) is 30.9 Å². The van der Waals surface area contributed by atoms with Crippen LogP contribution >= 0.6 is 7.82 Å². The smallest absolute Gasteiger partial charge is 0.462 e. The first-order valence-corrected chi connectivity index (χ1v) is 10.8. The van der Waals surface area contributed by atoms with Crippen LogP contribution in [0.5, 0.6) is 5.75 Å². The molecule has 172 valence electrons. The minimum Gasteiger partial charge on any atom is -0.462 e. The molecule has 4 atom stereocenters. The van der Waals surface area contributed by atoms with Crippen LogP contribution in [0, 0.1) is 5.82 Å². The lowest BCUT2D eigenvalue weighted by molar-refractivity contribution is -0.116. The van der Waals surface area contributed by atoms with E-state index in [0.717, 1.165) is 0 Å².